The van der Waals surface area contributed by atoms with Crippen LogP contribution in [0.1, 0.15) is 27.2 Å². The van der Waals surface area contributed by atoms with E-state index in [-0.39, 0.29) is 11.9 Å². The van der Waals surface area contributed by atoms with Gasteiger partial charge in [-0.3, -0.25) is 9.59 Å². The quantitative estimate of drug-likeness (QED) is 0.641. The molecule has 0 aromatic rings. The Morgan fingerprint density at radius 2 is 1.71 bits per heavy atom. The predicted octanol–water partition coefficient (Wildman–Crippen LogP) is 1.14. The van der Waals surface area contributed by atoms with E-state index in [9.17, 15) is 9.59 Å². The smallest absolute Gasteiger partial charge is 0.312 e. The molecule has 4 heteroatoms. The van der Waals surface area contributed by atoms with Crippen molar-refractivity contribution < 1.29 is 19.1 Å². The molecule has 1 saturated carbocycles. The molecular formula is C10H16O4. The number of methoxy groups -OCH3 is 1. The van der Waals surface area contributed by atoms with Crippen molar-refractivity contribution in [1.29, 1.82) is 0 Å². The lowest BCUT2D eigenvalue weighted by Crippen LogP contribution is -2.27. The van der Waals surface area contributed by atoms with Gasteiger partial charge in [0.1, 0.15) is 0 Å². The van der Waals surface area contributed by atoms with E-state index in [0.717, 1.165) is 0 Å². The van der Waals surface area contributed by atoms with Gasteiger partial charge in [0.15, 0.2) is 0 Å². The van der Waals surface area contributed by atoms with Gasteiger partial charge >= 0.3 is 11.9 Å². The van der Waals surface area contributed by atoms with Crippen molar-refractivity contribution in [3.05, 3.63) is 0 Å². The van der Waals surface area contributed by atoms with Gasteiger partial charge in [-0.05, 0) is 27.2 Å². The highest BCUT2D eigenvalue weighted by atomic mass is 16.5. The van der Waals surface area contributed by atoms with Crippen molar-refractivity contribution in [2.75, 3.05) is 13.7 Å². The molecule has 1 aliphatic carbocycles. The van der Waals surface area contributed by atoms with Crippen molar-refractivity contribution in [3.8, 4) is 0 Å². The zero-order chi connectivity index (χ0) is 11.0. The molecule has 0 radical (unpaired) electrons. The summed E-state index contributed by atoms with van der Waals surface area (Å²) in [6.45, 7) is 5.56. The second-order valence-corrected chi connectivity index (χ2v) is 4.05. The van der Waals surface area contributed by atoms with Crippen LogP contribution >= 0.6 is 0 Å². The zero-order valence-corrected chi connectivity index (χ0v) is 9.05. The van der Waals surface area contributed by atoms with Crippen LogP contribution in [0.15, 0.2) is 0 Å². The molecule has 1 rings (SSSR count). The van der Waals surface area contributed by atoms with Gasteiger partial charge < -0.3 is 9.47 Å². The van der Waals surface area contributed by atoms with E-state index >= 15 is 0 Å². The first kappa shape index (κ1) is 11.0. The molecule has 14 heavy (non-hydrogen) atoms. The normalized spacial score (nSPS) is 34.9. The fraction of sp³-hybridized carbons (Fsp3) is 0.800. The van der Waals surface area contributed by atoms with Gasteiger partial charge in [0, 0.05) is 0 Å². The Hall–Kier alpha value is -1.06. The lowest BCUT2D eigenvalue weighted by molar-refractivity contribution is -0.157. The van der Waals surface area contributed by atoms with Crippen molar-refractivity contribution in [2.45, 2.75) is 27.2 Å². The molecule has 0 aromatic heterocycles. The number of carbonyl (C=O) groups excluding carboxylic acids is 2. The summed E-state index contributed by atoms with van der Waals surface area (Å²) in [5, 5.41) is 0. The first-order valence-electron chi connectivity index (χ1n) is 4.68. The molecule has 0 bridgehead atoms. The van der Waals surface area contributed by atoms with E-state index in [4.69, 9.17) is 4.74 Å². The largest absolute Gasteiger partial charge is 0.469 e. The van der Waals surface area contributed by atoms with Crippen LogP contribution in [0.4, 0.5) is 0 Å². The van der Waals surface area contributed by atoms with Gasteiger partial charge in [0.05, 0.1) is 24.5 Å². The summed E-state index contributed by atoms with van der Waals surface area (Å²) < 4.78 is 9.57. The highest BCUT2D eigenvalue weighted by Crippen LogP contribution is 2.64. The molecule has 2 unspecified atom stereocenters. The zero-order valence-electron chi connectivity index (χ0n) is 9.05. The molecule has 0 spiro atoms. The lowest BCUT2D eigenvalue weighted by atomic mass is 9.96. The Labute approximate surface area is 83.6 Å². The number of rotatable bonds is 3. The second kappa shape index (κ2) is 3.26. The minimum atomic E-state index is -0.700. The summed E-state index contributed by atoms with van der Waals surface area (Å²) >= 11 is 0. The number of esters is 2. The fourth-order valence-corrected chi connectivity index (χ4v) is 1.77. The average Bonchev–Trinajstić information content (AvgIpc) is 2.72. The molecule has 0 aromatic carbocycles. The number of ether oxygens (including phenoxy) is 2. The van der Waals surface area contributed by atoms with Crippen LogP contribution in [0, 0.1) is 10.8 Å². The summed E-state index contributed by atoms with van der Waals surface area (Å²) in [4.78, 5) is 22.9. The first-order chi connectivity index (χ1) is 6.42. The van der Waals surface area contributed by atoms with Crippen molar-refractivity contribution in [3.63, 3.8) is 0 Å². The van der Waals surface area contributed by atoms with E-state index in [1.54, 1.807) is 20.8 Å². The summed E-state index contributed by atoms with van der Waals surface area (Å²) in [7, 11) is 1.33. The van der Waals surface area contributed by atoms with Crippen LogP contribution in [0.25, 0.3) is 0 Å². The predicted molar refractivity (Wildman–Crippen MR) is 49.5 cm³/mol. The maximum atomic E-state index is 11.5. The molecule has 0 aliphatic heterocycles. The highest BCUT2D eigenvalue weighted by Gasteiger charge is 2.72. The van der Waals surface area contributed by atoms with Crippen LogP contribution in [0.3, 0.4) is 0 Å². The first-order valence-corrected chi connectivity index (χ1v) is 4.68. The molecule has 0 heterocycles. The average molecular weight is 200 g/mol. The maximum absolute atomic E-state index is 11.5. The molecule has 1 fully saturated rings. The van der Waals surface area contributed by atoms with Gasteiger partial charge in [-0.15, -0.1) is 0 Å². The van der Waals surface area contributed by atoms with Gasteiger partial charge in [-0.2, -0.15) is 0 Å². The van der Waals surface area contributed by atoms with E-state index in [1.807, 2.05) is 0 Å². The third kappa shape index (κ3) is 1.29. The van der Waals surface area contributed by atoms with Crippen LogP contribution in [0.2, 0.25) is 0 Å². The Kier molecular flexibility index (Phi) is 2.56. The van der Waals surface area contributed by atoms with E-state index < -0.39 is 10.8 Å². The van der Waals surface area contributed by atoms with Gasteiger partial charge in [0.2, 0.25) is 0 Å². The Balaban J connectivity index is 2.74. The number of hydrogen-bond acceptors (Lipinski definition) is 4. The Bertz CT molecular complexity index is 273. The molecule has 80 valence electrons. The van der Waals surface area contributed by atoms with Crippen LogP contribution in [-0.2, 0) is 19.1 Å². The minimum absolute atomic E-state index is 0.312. The van der Waals surface area contributed by atoms with Crippen molar-refractivity contribution in [1.82, 2.24) is 0 Å². The molecule has 0 N–H and O–H groups in total. The molecule has 1 aliphatic rings. The highest BCUT2D eigenvalue weighted by molar-refractivity contribution is 5.93. The Morgan fingerprint density at radius 1 is 1.21 bits per heavy atom. The van der Waals surface area contributed by atoms with E-state index in [1.165, 1.54) is 7.11 Å². The van der Waals surface area contributed by atoms with Gasteiger partial charge in [0.25, 0.3) is 0 Å². The molecule has 0 saturated heterocycles. The monoisotopic (exact) mass is 200 g/mol. The third-order valence-corrected chi connectivity index (χ3v) is 3.16. The SMILES string of the molecule is CCOC(=O)C1(C)CC1(C)C(=O)OC. The van der Waals surface area contributed by atoms with Gasteiger partial charge in [-0.1, -0.05) is 0 Å². The van der Waals surface area contributed by atoms with Crippen LogP contribution < -0.4 is 0 Å². The summed E-state index contributed by atoms with van der Waals surface area (Å²) in [5.74, 6) is -0.652. The van der Waals surface area contributed by atoms with Crippen LogP contribution in [0.5, 0.6) is 0 Å². The Morgan fingerprint density at radius 3 is 2.14 bits per heavy atom. The van der Waals surface area contributed by atoms with E-state index in [0.29, 0.717) is 13.0 Å². The standard InChI is InChI=1S/C10H16O4/c1-5-14-8(12)10(3)6-9(10,2)7(11)13-4/h5-6H2,1-4H3. The number of carbonyl (C=O) groups is 2. The lowest BCUT2D eigenvalue weighted by Gasteiger charge is -2.14. The second-order valence-electron chi connectivity index (χ2n) is 4.05. The molecule has 4 nitrogen and oxygen atoms in total. The molecule has 0 amide bonds. The summed E-state index contributed by atoms with van der Waals surface area (Å²) in [6, 6.07) is 0. The van der Waals surface area contributed by atoms with E-state index in [2.05, 4.69) is 4.74 Å². The topological polar surface area (TPSA) is 52.6 Å². The summed E-state index contributed by atoms with van der Waals surface area (Å²) in [5.41, 5.74) is -1.40. The third-order valence-electron chi connectivity index (χ3n) is 3.16. The maximum Gasteiger partial charge on any atom is 0.312 e. The van der Waals surface area contributed by atoms with Crippen LogP contribution in [-0.4, -0.2) is 25.7 Å². The van der Waals surface area contributed by atoms with Crippen molar-refractivity contribution in [2.24, 2.45) is 10.8 Å². The molecular weight excluding hydrogens is 184 g/mol. The summed E-state index contributed by atoms with van der Waals surface area (Å²) in [6.07, 6.45) is 0.505. The van der Waals surface area contributed by atoms with Gasteiger partial charge in [-0.25, -0.2) is 0 Å². The number of hydrogen-bond donors (Lipinski definition) is 0. The minimum Gasteiger partial charge on any atom is -0.469 e. The molecule has 2 atom stereocenters. The van der Waals surface area contributed by atoms with Crippen molar-refractivity contribution >= 4 is 11.9 Å². The fourth-order valence-electron chi connectivity index (χ4n) is 1.77.